The summed E-state index contributed by atoms with van der Waals surface area (Å²) in [4.78, 5) is 10.4. The molecule has 0 saturated heterocycles. The van der Waals surface area contributed by atoms with Crippen molar-refractivity contribution < 1.29 is 14.4 Å². The molecule has 2 rings (SSSR count). The van der Waals surface area contributed by atoms with Gasteiger partial charge in [-0.25, -0.2) is 0 Å². The van der Waals surface area contributed by atoms with Gasteiger partial charge in [0.05, 0.1) is 34.8 Å². The summed E-state index contributed by atoms with van der Waals surface area (Å²) >= 11 is 3.42. The zero-order valence-electron chi connectivity index (χ0n) is 13.7. The van der Waals surface area contributed by atoms with Crippen molar-refractivity contribution >= 4 is 33.3 Å². The summed E-state index contributed by atoms with van der Waals surface area (Å²) in [5.41, 5.74) is 1.42. The Morgan fingerprint density at radius 1 is 1.40 bits per heavy atom. The number of hydrogen-bond donors (Lipinski definition) is 0. The third-order valence-electron chi connectivity index (χ3n) is 3.34. The monoisotopic (exact) mass is 402 g/mol. The highest BCUT2D eigenvalue weighted by Crippen LogP contribution is 2.37. The minimum absolute atomic E-state index is 0.0652. The number of benzene rings is 2. The molecule has 0 fully saturated rings. The number of allylic oxidation sites excluding steroid dienone is 1. The Hall–Kier alpha value is -2.85. The minimum atomic E-state index is -0.490. The molecule has 2 aromatic carbocycles. The Bertz CT molecular complexity index is 872. The van der Waals surface area contributed by atoms with E-state index in [0.29, 0.717) is 39.3 Å². The molecule has 0 aliphatic carbocycles. The third-order valence-corrected chi connectivity index (χ3v) is 3.92. The number of nitro benzene ring substituents is 1. The summed E-state index contributed by atoms with van der Waals surface area (Å²) in [6.45, 7) is 2.33. The van der Waals surface area contributed by atoms with E-state index >= 15 is 0 Å². The van der Waals surface area contributed by atoms with E-state index in [1.807, 2.05) is 6.92 Å². The van der Waals surface area contributed by atoms with Gasteiger partial charge in [-0.2, -0.15) is 5.26 Å². The SMILES string of the molecule is CCOc1cc(/C=C(/C#N)c2cccc([N+](=O)[O-])c2)cc(Br)c1OC. The number of hydrogen-bond acceptors (Lipinski definition) is 5. The molecule has 25 heavy (non-hydrogen) atoms. The lowest BCUT2D eigenvalue weighted by atomic mass is 10.0. The van der Waals surface area contributed by atoms with Crippen LogP contribution in [-0.2, 0) is 0 Å². The number of halogens is 1. The van der Waals surface area contributed by atoms with Crippen molar-refractivity contribution in [3.63, 3.8) is 0 Å². The van der Waals surface area contributed by atoms with Crippen molar-refractivity contribution in [2.75, 3.05) is 13.7 Å². The average Bonchev–Trinajstić information content (AvgIpc) is 2.60. The first kappa shape index (κ1) is 18.5. The zero-order valence-corrected chi connectivity index (χ0v) is 15.2. The number of methoxy groups -OCH3 is 1. The zero-order chi connectivity index (χ0) is 18.4. The van der Waals surface area contributed by atoms with E-state index in [2.05, 4.69) is 22.0 Å². The van der Waals surface area contributed by atoms with E-state index < -0.39 is 4.92 Å². The number of nitro groups is 1. The molecule has 6 nitrogen and oxygen atoms in total. The van der Waals surface area contributed by atoms with Crippen molar-refractivity contribution in [3.05, 3.63) is 62.1 Å². The van der Waals surface area contributed by atoms with Crippen LogP contribution in [-0.4, -0.2) is 18.6 Å². The first-order valence-electron chi connectivity index (χ1n) is 7.37. The van der Waals surface area contributed by atoms with Crippen molar-refractivity contribution in [2.45, 2.75) is 6.92 Å². The first-order valence-corrected chi connectivity index (χ1v) is 8.16. The number of nitrogens with zero attached hydrogens (tertiary/aromatic N) is 2. The fourth-order valence-corrected chi connectivity index (χ4v) is 2.89. The lowest BCUT2D eigenvalue weighted by Crippen LogP contribution is -1.97. The fourth-order valence-electron chi connectivity index (χ4n) is 2.27. The second-order valence-electron chi connectivity index (χ2n) is 4.94. The van der Waals surface area contributed by atoms with Crippen LogP contribution in [0.15, 0.2) is 40.9 Å². The molecule has 0 atom stereocenters. The first-order chi connectivity index (χ1) is 12.0. The van der Waals surface area contributed by atoms with Crippen LogP contribution in [0.5, 0.6) is 11.5 Å². The molecule has 0 unspecified atom stereocenters. The normalized spacial score (nSPS) is 10.9. The standard InChI is InChI=1S/C18H15BrN2O4/c1-3-25-17-9-12(8-16(19)18(17)24-2)7-14(11-20)13-5-4-6-15(10-13)21(22)23/h4-10H,3H2,1-2H3/b14-7-. The summed E-state index contributed by atoms with van der Waals surface area (Å²) in [6.07, 6.45) is 1.64. The Morgan fingerprint density at radius 3 is 2.76 bits per heavy atom. The van der Waals surface area contributed by atoms with Gasteiger partial charge in [-0.3, -0.25) is 10.1 Å². The largest absolute Gasteiger partial charge is 0.492 e. The van der Waals surface area contributed by atoms with Gasteiger partial charge in [-0.05, 0) is 52.2 Å². The predicted molar refractivity (Wildman–Crippen MR) is 98.4 cm³/mol. The summed E-state index contributed by atoms with van der Waals surface area (Å²) in [5, 5.41) is 20.4. The van der Waals surface area contributed by atoms with Crippen molar-refractivity contribution in [2.24, 2.45) is 0 Å². The van der Waals surface area contributed by atoms with Crippen LogP contribution < -0.4 is 9.47 Å². The minimum Gasteiger partial charge on any atom is -0.492 e. The number of nitriles is 1. The maximum atomic E-state index is 10.9. The molecule has 0 N–H and O–H groups in total. The van der Waals surface area contributed by atoms with Gasteiger partial charge in [0.1, 0.15) is 0 Å². The quantitative estimate of drug-likeness (QED) is 0.299. The highest BCUT2D eigenvalue weighted by Gasteiger charge is 2.12. The molecule has 0 heterocycles. The van der Waals surface area contributed by atoms with Crippen LogP contribution >= 0.6 is 15.9 Å². The highest BCUT2D eigenvalue weighted by molar-refractivity contribution is 9.10. The number of ether oxygens (including phenoxy) is 2. The average molecular weight is 403 g/mol. The maximum Gasteiger partial charge on any atom is 0.270 e. The van der Waals surface area contributed by atoms with E-state index in [1.54, 1.807) is 37.5 Å². The summed E-state index contributed by atoms with van der Waals surface area (Å²) in [5.74, 6) is 1.11. The van der Waals surface area contributed by atoms with Crippen LogP contribution in [0.25, 0.3) is 11.6 Å². The molecule has 0 aromatic heterocycles. The molecule has 0 saturated carbocycles. The van der Waals surface area contributed by atoms with E-state index in [9.17, 15) is 15.4 Å². The van der Waals surface area contributed by atoms with Gasteiger partial charge in [0.15, 0.2) is 11.5 Å². The third kappa shape index (κ3) is 4.37. The molecule has 7 heteroatoms. The van der Waals surface area contributed by atoms with Crippen molar-refractivity contribution in [1.29, 1.82) is 5.26 Å². The van der Waals surface area contributed by atoms with E-state index in [4.69, 9.17) is 9.47 Å². The molecule has 0 aliphatic heterocycles. The van der Waals surface area contributed by atoms with E-state index in [1.165, 1.54) is 12.1 Å². The molecule has 0 radical (unpaired) electrons. The van der Waals surface area contributed by atoms with Gasteiger partial charge < -0.3 is 9.47 Å². The predicted octanol–water partition coefficient (Wildman–Crippen LogP) is 4.83. The lowest BCUT2D eigenvalue weighted by Gasteiger charge is -2.12. The molecule has 0 spiro atoms. The van der Waals surface area contributed by atoms with Crippen LogP contribution in [0.1, 0.15) is 18.1 Å². The van der Waals surface area contributed by atoms with Gasteiger partial charge in [0, 0.05) is 12.1 Å². The smallest absolute Gasteiger partial charge is 0.270 e. The molecule has 0 aliphatic rings. The summed E-state index contributed by atoms with van der Waals surface area (Å²) < 4.78 is 11.6. The van der Waals surface area contributed by atoms with E-state index in [0.717, 1.165) is 0 Å². The Kier molecular flexibility index (Phi) is 6.14. The van der Waals surface area contributed by atoms with Gasteiger partial charge in [-0.1, -0.05) is 12.1 Å². The molecule has 0 bridgehead atoms. The van der Waals surface area contributed by atoms with Crippen molar-refractivity contribution in [3.8, 4) is 17.6 Å². The van der Waals surface area contributed by atoms with Crippen LogP contribution in [0.4, 0.5) is 5.69 Å². The second-order valence-corrected chi connectivity index (χ2v) is 5.80. The topological polar surface area (TPSA) is 85.4 Å². The number of rotatable bonds is 6. The summed E-state index contributed by atoms with van der Waals surface area (Å²) in [7, 11) is 1.54. The van der Waals surface area contributed by atoms with Gasteiger partial charge in [0.2, 0.25) is 0 Å². The highest BCUT2D eigenvalue weighted by atomic mass is 79.9. The Balaban J connectivity index is 2.51. The van der Waals surface area contributed by atoms with Crippen molar-refractivity contribution in [1.82, 2.24) is 0 Å². The van der Waals surface area contributed by atoms with Gasteiger partial charge in [-0.15, -0.1) is 0 Å². The maximum absolute atomic E-state index is 10.9. The van der Waals surface area contributed by atoms with E-state index in [-0.39, 0.29) is 5.69 Å². The number of non-ortho nitro benzene ring substituents is 1. The molecule has 2 aromatic rings. The lowest BCUT2D eigenvalue weighted by molar-refractivity contribution is -0.384. The second kappa shape index (κ2) is 8.31. The molecular formula is C18H15BrN2O4. The van der Waals surface area contributed by atoms with Gasteiger partial charge >= 0.3 is 0 Å². The van der Waals surface area contributed by atoms with Gasteiger partial charge in [0.25, 0.3) is 5.69 Å². The molecule has 128 valence electrons. The molecular weight excluding hydrogens is 388 g/mol. The Labute approximate surface area is 153 Å². The summed E-state index contributed by atoms with van der Waals surface area (Å²) in [6, 6.07) is 11.6. The fraction of sp³-hybridized carbons (Fsp3) is 0.167. The van der Waals surface area contributed by atoms with Crippen LogP contribution in [0.3, 0.4) is 0 Å². The van der Waals surface area contributed by atoms with Crippen LogP contribution in [0, 0.1) is 21.4 Å². The van der Waals surface area contributed by atoms with Crippen LogP contribution in [0.2, 0.25) is 0 Å². The Morgan fingerprint density at radius 2 is 2.16 bits per heavy atom. The molecule has 0 amide bonds.